The summed E-state index contributed by atoms with van der Waals surface area (Å²) in [4.78, 5) is 26.0. The number of fused-ring (bicyclic) bond motifs is 1. The number of ether oxygens (including phenoxy) is 2. The number of amides is 2. The first-order chi connectivity index (χ1) is 12.4. The molecule has 0 aromatic heterocycles. The first-order valence-electron chi connectivity index (χ1n) is 8.74. The predicted molar refractivity (Wildman–Crippen MR) is 99.0 cm³/mol. The molecular formula is C21H23NO4. The lowest BCUT2D eigenvalue weighted by atomic mass is 10.1. The van der Waals surface area contributed by atoms with Crippen LogP contribution in [0.15, 0.2) is 36.4 Å². The van der Waals surface area contributed by atoms with Crippen molar-refractivity contribution in [2.45, 2.75) is 33.8 Å². The van der Waals surface area contributed by atoms with Gasteiger partial charge < -0.3 is 9.47 Å². The fourth-order valence-electron chi connectivity index (χ4n) is 2.91. The van der Waals surface area contributed by atoms with Crippen LogP contribution in [0.1, 0.15) is 45.7 Å². The molecule has 0 spiro atoms. The summed E-state index contributed by atoms with van der Waals surface area (Å²) >= 11 is 0. The number of imide groups is 1. The zero-order valence-electron chi connectivity index (χ0n) is 15.5. The van der Waals surface area contributed by atoms with Crippen LogP contribution in [-0.4, -0.2) is 36.0 Å². The van der Waals surface area contributed by atoms with Crippen LogP contribution in [0, 0.1) is 13.8 Å². The maximum absolute atomic E-state index is 12.4. The molecule has 3 rings (SSSR count). The fraction of sp³-hybridized carbons (Fsp3) is 0.333. The van der Waals surface area contributed by atoms with Crippen LogP contribution < -0.4 is 9.47 Å². The maximum atomic E-state index is 12.4. The Morgan fingerprint density at radius 1 is 0.923 bits per heavy atom. The predicted octanol–water partition coefficient (Wildman–Crippen LogP) is 3.77. The minimum atomic E-state index is -0.270. The quantitative estimate of drug-likeness (QED) is 0.742. The molecule has 1 aliphatic heterocycles. The summed E-state index contributed by atoms with van der Waals surface area (Å²) in [5.74, 6) is 0.754. The van der Waals surface area contributed by atoms with Crippen LogP contribution in [0.4, 0.5) is 0 Å². The van der Waals surface area contributed by atoms with E-state index in [-0.39, 0.29) is 31.1 Å². The molecule has 0 bridgehead atoms. The lowest BCUT2D eigenvalue weighted by molar-refractivity contribution is 0.0630. The number of carbonyl (C=O) groups is 2. The Morgan fingerprint density at radius 2 is 1.46 bits per heavy atom. The van der Waals surface area contributed by atoms with E-state index in [0.29, 0.717) is 22.6 Å². The molecule has 0 fully saturated rings. The van der Waals surface area contributed by atoms with Gasteiger partial charge in [-0.05, 0) is 63.1 Å². The molecule has 2 aromatic carbocycles. The van der Waals surface area contributed by atoms with Crippen molar-refractivity contribution in [3.8, 4) is 11.5 Å². The lowest BCUT2D eigenvalue weighted by Crippen LogP contribution is -2.33. The minimum Gasteiger partial charge on any atom is -0.488 e. The Kier molecular flexibility index (Phi) is 4.98. The molecule has 5 nitrogen and oxygen atoms in total. The lowest BCUT2D eigenvalue weighted by Gasteiger charge is -2.18. The van der Waals surface area contributed by atoms with Crippen molar-refractivity contribution in [3.05, 3.63) is 58.7 Å². The molecule has 0 unspecified atom stereocenters. The number of carbonyl (C=O) groups excluding carboxylic acids is 2. The summed E-state index contributed by atoms with van der Waals surface area (Å²) < 4.78 is 11.7. The second-order valence-corrected chi connectivity index (χ2v) is 6.71. The maximum Gasteiger partial charge on any atom is 0.261 e. The third kappa shape index (κ3) is 3.43. The van der Waals surface area contributed by atoms with Crippen LogP contribution in [0.5, 0.6) is 11.5 Å². The molecule has 1 aliphatic rings. The Hall–Kier alpha value is -2.82. The van der Waals surface area contributed by atoms with Gasteiger partial charge in [0.1, 0.15) is 6.61 Å². The van der Waals surface area contributed by atoms with E-state index in [1.54, 1.807) is 24.3 Å². The molecule has 1 heterocycles. The van der Waals surface area contributed by atoms with Gasteiger partial charge in [-0.2, -0.15) is 0 Å². The van der Waals surface area contributed by atoms with Gasteiger partial charge in [-0.3, -0.25) is 14.5 Å². The molecule has 0 atom stereocenters. The van der Waals surface area contributed by atoms with E-state index >= 15 is 0 Å². The van der Waals surface area contributed by atoms with Crippen molar-refractivity contribution in [2.24, 2.45) is 0 Å². The highest BCUT2D eigenvalue weighted by Crippen LogP contribution is 2.31. The first-order valence-corrected chi connectivity index (χ1v) is 8.74. The zero-order valence-corrected chi connectivity index (χ0v) is 15.5. The Labute approximate surface area is 153 Å². The third-order valence-corrected chi connectivity index (χ3v) is 4.37. The monoisotopic (exact) mass is 353 g/mol. The number of hydrogen-bond donors (Lipinski definition) is 0. The second-order valence-electron chi connectivity index (χ2n) is 6.71. The molecule has 2 amide bonds. The highest BCUT2D eigenvalue weighted by molar-refractivity contribution is 6.21. The molecule has 0 N–H and O–H groups in total. The Bertz CT molecular complexity index is 822. The van der Waals surface area contributed by atoms with Crippen LogP contribution in [0.3, 0.4) is 0 Å². The van der Waals surface area contributed by atoms with Gasteiger partial charge >= 0.3 is 0 Å². The Balaban J connectivity index is 1.70. The fourth-order valence-corrected chi connectivity index (χ4v) is 2.91. The summed E-state index contributed by atoms with van der Waals surface area (Å²) in [6, 6.07) is 10.7. The van der Waals surface area contributed by atoms with E-state index in [0.717, 1.165) is 11.1 Å². The van der Waals surface area contributed by atoms with E-state index in [4.69, 9.17) is 9.47 Å². The van der Waals surface area contributed by atoms with Gasteiger partial charge in [0.15, 0.2) is 11.5 Å². The van der Waals surface area contributed by atoms with Gasteiger partial charge in [0, 0.05) is 0 Å². The molecule has 0 saturated heterocycles. The number of aryl methyl sites for hydroxylation is 2. The van der Waals surface area contributed by atoms with E-state index < -0.39 is 0 Å². The van der Waals surface area contributed by atoms with Crippen LogP contribution >= 0.6 is 0 Å². The van der Waals surface area contributed by atoms with Gasteiger partial charge in [-0.15, -0.1) is 0 Å². The van der Waals surface area contributed by atoms with Gasteiger partial charge in [0.05, 0.1) is 23.8 Å². The van der Waals surface area contributed by atoms with Gasteiger partial charge in [-0.1, -0.05) is 12.1 Å². The molecule has 136 valence electrons. The van der Waals surface area contributed by atoms with Crippen LogP contribution in [-0.2, 0) is 0 Å². The van der Waals surface area contributed by atoms with Crippen molar-refractivity contribution in [2.75, 3.05) is 13.2 Å². The molecular weight excluding hydrogens is 330 g/mol. The van der Waals surface area contributed by atoms with E-state index in [2.05, 4.69) is 0 Å². The Morgan fingerprint density at radius 3 is 2.00 bits per heavy atom. The van der Waals surface area contributed by atoms with Gasteiger partial charge in [0.25, 0.3) is 11.8 Å². The van der Waals surface area contributed by atoms with Crippen LogP contribution in [0.2, 0.25) is 0 Å². The first kappa shape index (κ1) is 18.0. The molecule has 0 radical (unpaired) electrons. The van der Waals surface area contributed by atoms with Crippen molar-refractivity contribution in [1.82, 2.24) is 4.90 Å². The van der Waals surface area contributed by atoms with E-state index in [1.165, 1.54) is 4.90 Å². The second kappa shape index (κ2) is 7.20. The third-order valence-electron chi connectivity index (χ3n) is 4.37. The van der Waals surface area contributed by atoms with Gasteiger partial charge in [0.2, 0.25) is 0 Å². The highest BCUT2D eigenvalue weighted by Gasteiger charge is 2.34. The van der Waals surface area contributed by atoms with Crippen LogP contribution in [0.25, 0.3) is 0 Å². The average Bonchev–Trinajstić information content (AvgIpc) is 2.84. The van der Waals surface area contributed by atoms with E-state index in [9.17, 15) is 9.59 Å². The zero-order chi connectivity index (χ0) is 18.8. The molecule has 5 heteroatoms. The van der Waals surface area contributed by atoms with Gasteiger partial charge in [-0.25, -0.2) is 0 Å². The summed E-state index contributed by atoms with van der Waals surface area (Å²) in [5, 5.41) is 0. The SMILES string of the molecule is Cc1cc(OCCN2C(=O)c3ccccc3C2=O)c(OC(C)C)cc1C. The molecule has 0 saturated carbocycles. The number of rotatable bonds is 6. The normalized spacial score (nSPS) is 13.3. The van der Waals surface area contributed by atoms with E-state index in [1.807, 2.05) is 39.8 Å². The van der Waals surface area contributed by atoms with Crippen molar-refractivity contribution >= 4 is 11.8 Å². The standard InChI is InChI=1S/C21H23NO4/c1-13(2)26-19-12-15(4)14(3)11-18(19)25-10-9-22-20(23)16-7-5-6-8-17(16)21(22)24/h5-8,11-13H,9-10H2,1-4H3. The minimum absolute atomic E-state index is 0.0238. The summed E-state index contributed by atoms with van der Waals surface area (Å²) in [6.45, 7) is 8.34. The number of benzene rings is 2. The largest absolute Gasteiger partial charge is 0.488 e. The van der Waals surface area contributed by atoms with Crippen molar-refractivity contribution in [3.63, 3.8) is 0 Å². The van der Waals surface area contributed by atoms with Crippen molar-refractivity contribution in [1.29, 1.82) is 0 Å². The smallest absolute Gasteiger partial charge is 0.261 e. The molecule has 0 aliphatic carbocycles. The average molecular weight is 353 g/mol. The molecule has 2 aromatic rings. The summed E-state index contributed by atoms with van der Waals surface area (Å²) in [7, 11) is 0. The summed E-state index contributed by atoms with van der Waals surface area (Å²) in [5.41, 5.74) is 3.12. The number of hydrogen-bond acceptors (Lipinski definition) is 4. The molecule has 26 heavy (non-hydrogen) atoms. The highest BCUT2D eigenvalue weighted by atomic mass is 16.5. The van der Waals surface area contributed by atoms with Crippen molar-refractivity contribution < 1.29 is 19.1 Å². The number of nitrogens with zero attached hydrogens (tertiary/aromatic N) is 1. The topological polar surface area (TPSA) is 55.8 Å². The summed E-state index contributed by atoms with van der Waals surface area (Å²) in [6.07, 6.45) is 0.0238.